The van der Waals surface area contributed by atoms with Gasteiger partial charge < -0.3 is 9.47 Å². The second-order valence-electron chi connectivity index (χ2n) is 9.64. The van der Waals surface area contributed by atoms with Crippen LogP contribution in [0.3, 0.4) is 0 Å². The molecule has 2 bridgehead atoms. The van der Waals surface area contributed by atoms with E-state index in [1.54, 1.807) is 18.0 Å². The first-order chi connectivity index (χ1) is 14.9. The van der Waals surface area contributed by atoms with Gasteiger partial charge in [-0.2, -0.15) is 0 Å². The van der Waals surface area contributed by atoms with Crippen LogP contribution in [0.1, 0.15) is 67.8 Å². The fraction of sp³-hybridized carbons (Fsp3) is 0.462. The predicted molar refractivity (Wildman–Crippen MR) is 121 cm³/mol. The number of nitrogens with zero attached hydrogens (tertiary/aromatic N) is 3. The zero-order chi connectivity index (χ0) is 21.7. The van der Waals surface area contributed by atoms with E-state index >= 15 is 0 Å². The molecule has 0 spiro atoms. The van der Waals surface area contributed by atoms with Crippen LogP contribution in [-0.2, 0) is 0 Å². The summed E-state index contributed by atoms with van der Waals surface area (Å²) < 4.78 is 16.3. The van der Waals surface area contributed by atoms with Crippen molar-refractivity contribution in [2.24, 2.45) is 11.8 Å². The fourth-order valence-corrected chi connectivity index (χ4v) is 5.67. The van der Waals surface area contributed by atoms with Gasteiger partial charge in [-0.15, -0.1) is 0 Å². The van der Waals surface area contributed by atoms with E-state index in [0.717, 1.165) is 17.4 Å². The second-order valence-corrected chi connectivity index (χ2v) is 9.64. The van der Waals surface area contributed by atoms with Crippen LogP contribution >= 0.6 is 0 Å². The van der Waals surface area contributed by atoms with Gasteiger partial charge in [0.05, 0.1) is 23.0 Å². The number of amides is 1. The minimum absolute atomic E-state index is 0.0278. The molecule has 3 aliphatic carbocycles. The van der Waals surface area contributed by atoms with E-state index in [9.17, 15) is 9.18 Å². The SMILES string of the molecule is CC(C)N(C)C(=O)c1cc(F)ccc1-n1cc(C2CC3CCC2CC3)c2ccncc21. The van der Waals surface area contributed by atoms with Crippen molar-refractivity contribution < 1.29 is 9.18 Å². The van der Waals surface area contributed by atoms with Crippen molar-refractivity contribution in [3.63, 3.8) is 0 Å². The van der Waals surface area contributed by atoms with Gasteiger partial charge in [-0.05, 0) is 80.7 Å². The molecule has 5 heteroatoms. The smallest absolute Gasteiger partial charge is 0.256 e. The Morgan fingerprint density at radius 3 is 2.65 bits per heavy atom. The summed E-state index contributed by atoms with van der Waals surface area (Å²) in [5.41, 5.74) is 3.43. The van der Waals surface area contributed by atoms with Gasteiger partial charge in [0, 0.05) is 30.9 Å². The van der Waals surface area contributed by atoms with Crippen molar-refractivity contribution in [1.82, 2.24) is 14.5 Å². The lowest BCUT2D eigenvalue weighted by Gasteiger charge is -2.42. The number of benzene rings is 1. The quantitative estimate of drug-likeness (QED) is 0.525. The molecule has 3 aromatic rings. The highest BCUT2D eigenvalue weighted by Crippen LogP contribution is 2.51. The molecule has 0 radical (unpaired) electrons. The maximum Gasteiger partial charge on any atom is 0.256 e. The highest BCUT2D eigenvalue weighted by molar-refractivity contribution is 5.99. The van der Waals surface area contributed by atoms with E-state index in [-0.39, 0.29) is 11.9 Å². The second kappa shape index (κ2) is 7.77. The Kier molecular flexibility index (Phi) is 5.07. The van der Waals surface area contributed by atoms with E-state index in [2.05, 4.69) is 21.8 Å². The molecule has 2 heterocycles. The number of halogens is 1. The van der Waals surface area contributed by atoms with Gasteiger partial charge in [0.2, 0.25) is 0 Å². The first-order valence-corrected chi connectivity index (χ1v) is 11.5. The number of carbonyl (C=O) groups is 1. The molecule has 6 rings (SSSR count). The number of carbonyl (C=O) groups excluding carboxylic acids is 1. The van der Waals surface area contributed by atoms with E-state index in [4.69, 9.17) is 0 Å². The Bertz CT molecular complexity index is 1130. The summed E-state index contributed by atoms with van der Waals surface area (Å²) >= 11 is 0. The van der Waals surface area contributed by atoms with Crippen molar-refractivity contribution in [2.75, 3.05) is 7.05 Å². The molecule has 0 aliphatic heterocycles. The first-order valence-electron chi connectivity index (χ1n) is 11.5. The minimum Gasteiger partial charge on any atom is -0.339 e. The van der Waals surface area contributed by atoms with Crippen molar-refractivity contribution >= 4 is 16.8 Å². The van der Waals surface area contributed by atoms with Crippen molar-refractivity contribution in [2.45, 2.75) is 57.9 Å². The summed E-state index contributed by atoms with van der Waals surface area (Å²) in [7, 11) is 1.77. The molecule has 1 atom stereocenters. The van der Waals surface area contributed by atoms with Gasteiger partial charge >= 0.3 is 0 Å². The molecule has 0 saturated heterocycles. The van der Waals surface area contributed by atoms with E-state index in [1.165, 1.54) is 55.2 Å². The van der Waals surface area contributed by atoms with E-state index in [0.29, 0.717) is 17.2 Å². The largest absolute Gasteiger partial charge is 0.339 e. The molecule has 3 saturated carbocycles. The van der Waals surface area contributed by atoms with Crippen molar-refractivity contribution in [3.8, 4) is 5.69 Å². The van der Waals surface area contributed by atoms with Gasteiger partial charge in [0.25, 0.3) is 5.91 Å². The normalized spacial score (nSPS) is 22.9. The van der Waals surface area contributed by atoms with Crippen LogP contribution in [0.2, 0.25) is 0 Å². The van der Waals surface area contributed by atoms with Gasteiger partial charge in [-0.3, -0.25) is 9.78 Å². The Balaban J connectivity index is 1.66. The molecule has 3 aliphatic rings. The minimum atomic E-state index is -0.399. The number of hydrogen-bond donors (Lipinski definition) is 0. The van der Waals surface area contributed by atoms with Crippen molar-refractivity contribution in [3.05, 3.63) is 59.8 Å². The predicted octanol–water partition coefficient (Wildman–Crippen LogP) is 5.94. The molecule has 31 heavy (non-hydrogen) atoms. The maximum atomic E-state index is 14.2. The van der Waals surface area contributed by atoms with Crippen LogP contribution in [0.25, 0.3) is 16.6 Å². The Morgan fingerprint density at radius 1 is 1.19 bits per heavy atom. The third kappa shape index (κ3) is 3.44. The summed E-state index contributed by atoms with van der Waals surface area (Å²) in [5.74, 6) is 1.55. The monoisotopic (exact) mass is 419 g/mol. The van der Waals surface area contributed by atoms with E-state index in [1.807, 2.05) is 26.2 Å². The molecule has 1 unspecified atom stereocenters. The van der Waals surface area contributed by atoms with Crippen LogP contribution in [0.5, 0.6) is 0 Å². The summed E-state index contributed by atoms with van der Waals surface area (Å²) in [6, 6.07) is 6.64. The summed E-state index contributed by atoms with van der Waals surface area (Å²) in [5, 5.41) is 1.20. The van der Waals surface area contributed by atoms with E-state index < -0.39 is 5.82 Å². The van der Waals surface area contributed by atoms with Crippen LogP contribution in [0.15, 0.2) is 42.9 Å². The lowest BCUT2D eigenvalue weighted by molar-refractivity contribution is 0.0754. The topological polar surface area (TPSA) is 38.1 Å². The maximum absolute atomic E-state index is 14.2. The van der Waals surface area contributed by atoms with Crippen molar-refractivity contribution in [1.29, 1.82) is 0 Å². The Hall–Kier alpha value is -2.69. The highest BCUT2D eigenvalue weighted by Gasteiger charge is 2.37. The summed E-state index contributed by atoms with van der Waals surface area (Å²) in [6.07, 6.45) is 12.5. The molecule has 162 valence electrons. The van der Waals surface area contributed by atoms with Crippen LogP contribution in [0.4, 0.5) is 4.39 Å². The average Bonchev–Trinajstić information content (AvgIpc) is 3.18. The van der Waals surface area contributed by atoms with Crippen LogP contribution in [0, 0.1) is 17.7 Å². The molecular formula is C26H30FN3O. The number of fused-ring (bicyclic) bond motifs is 4. The number of pyridine rings is 1. The molecule has 1 amide bonds. The van der Waals surface area contributed by atoms with Gasteiger partial charge in [0.15, 0.2) is 0 Å². The zero-order valence-electron chi connectivity index (χ0n) is 18.5. The number of aromatic nitrogens is 2. The molecular weight excluding hydrogens is 389 g/mol. The Labute approximate surface area is 183 Å². The standard InChI is InChI=1S/C26H30FN3O/c1-16(2)29(3)26(31)22-13-19(27)8-9-24(22)30-15-23(20-10-11-28-14-25(20)30)21-12-17-4-6-18(21)7-5-17/h8-11,13-18,21H,4-7,12H2,1-3H3. The Morgan fingerprint density at radius 2 is 1.97 bits per heavy atom. The first kappa shape index (κ1) is 20.2. The van der Waals surface area contributed by atoms with Gasteiger partial charge in [0.1, 0.15) is 5.82 Å². The third-order valence-corrected chi connectivity index (χ3v) is 7.63. The average molecular weight is 420 g/mol. The molecule has 0 N–H and O–H groups in total. The zero-order valence-corrected chi connectivity index (χ0v) is 18.5. The van der Waals surface area contributed by atoms with Gasteiger partial charge in [-0.1, -0.05) is 12.8 Å². The lowest BCUT2D eigenvalue weighted by Crippen LogP contribution is -2.33. The highest BCUT2D eigenvalue weighted by atomic mass is 19.1. The van der Waals surface area contributed by atoms with Gasteiger partial charge in [-0.25, -0.2) is 4.39 Å². The number of rotatable bonds is 4. The molecule has 2 aromatic heterocycles. The lowest BCUT2D eigenvalue weighted by atomic mass is 9.63. The summed E-state index contributed by atoms with van der Waals surface area (Å²) in [4.78, 5) is 19.2. The summed E-state index contributed by atoms with van der Waals surface area (Å²) in [6.45, 7) is 3.92. The van der Waals surface area contributed by atoms with Crippen LogP contribution < -0.4 is 0 Å². The number of hydrogen-bond acceptors (Lipinski definition) is 2. The molecule has 4 nitrogen and oxygen atoms in total. The molecule has 3 fully saturated rings. The molecule has 1 aromatic carbocycles. The fourth-order valence-electron chi connectivity index (χ4n) is 5.67. The van der Waals surface area contributed by atoms with Crippen LogP contribution in [-0.4, -0.2) is 33.4 Å². The third-order valence-electron chi connectivity index (χ3n) is 7.63.